The number of halogens is 3. The summed E-state index contributed by atoms with van der Waals surface area (Å²) in [5, 5.41) is 4.87. The fourth-order valence-corrected chi connectivity index (χ4v) is 5.31. The summed E-state index contributed by atoms with van der Waals surface area (Å²) in [6.07, 6.45) is -1.85. The molecule has 3 heterocycles. The second kappa shape index (κ2) is 8.10. The second-order valence-corrected chi connectivity index (χ2v) is 9.47. The number of likely N-dealkylation sites (tertiary alicyclic amines) is 1. The van der Waals surface area contributed by atoms with Crippen LogP contribution in [0.3, 0.4) is 0 Å². The minimum Gasteiger partial charge on any atom is -0.342 e. The maximum atomic E-state index is 13.1. The Balaban J connectivity index is 1.68. The van der Waals surface area contributed by atoms with E-state index >= 15 is 0 Å². The summed E-state index contributed by atoms with van der Waals surface area (Å²) in [6.45, 7) is 9.28. The smallest absolute Gasteiger partial charge is 0.342 e. The number of amides is 1. The number of carbonyl (C=O) groups excluding carboxylic acids is 1. The average Bonchev–Trinajstić information content (AvgIpc) is 3.12. The van der Waals surface area contributed by atoms with Crippen LogP contribution in [0, 0.1) is 25.7 Å². The third-order valence-corrected chi connectivity index (χ3v) is 7.51. The Morgan fingerprint density at radius 1 is 1.13 bits per heavy atom. The van der Waals surface area contributed by atoms with Crippen LogP contribution in [-0.2, 0) is 4.79 Å². The quantitative estimate of drug-likeness (QED) is 0.654. The van der Waals surface area contributed by atoms with E-state index in [2.05, 4.69) is 6.92 Å². The molecule has 8 heteroatoms. The lowest BCUT2D eigenvalue weighted by Crippen LogP contribution is -2.42. The van der Waals surface area contributed by atoms with Crippen molar-refractivity contribution >= 4 is 11.6 Å². The predicted molar refractivity (Wildman–Crippen MR) is 112 cm³/mol. The van der Waals surface area contributed by atoms with Crippen molar-refractivity contribution in [2.24, 2.45) is 11.8 Å². The molecule has 0 bridgehead atoms. The van der Waals surface area contributed by atoms with Crippen molar-refractivity contribution in [3.05, 3.63) is 28.7 Å². The maximum absolute atomic E-state index is 13.1. The van der Waals surface area contributed by atoms with Crippen LogP contribution in [0.25, 0.3) is 5.65 Å². The molecule has 5 nitrogen and oxygen atoms in total. The lowest BCUT2D eigenvalue weighted by molar-refractivity contribution is -0.182. The van der Waals surface area contributed by atoms with Crippen LogP contribution in [0.4, 0.5) is 13.2 Å². The molecule has 0 spiro atoms. The minimum absolute atomic E-state index is 0.0336. The van der Waals surface area contributed by atoms with E-state index in [0.29, 0.717) is 25.3 Å². The van der Waals surface area contributed by atoms with E-state index in [0.717, 1.165) is 41.3 Å². The zero-order chi connectivity index (χ0) is 22.5. The van der Waals surface area contributed by atoms with E-state index in [4.69, 9.17) is 10.1 Å². The molecule has 0 radical (unpaired) electrons. The highest BCUT2D eigenvalue weighted by molar-refractivity contribution is 5.73. The van der Waals surface area contributed by atoms with Gasteiger partial charge in [-0.15, -0.1) is 0 Å². The van der Waals surface area contributed by atoms with Gasteiger partial charge in [0.1, 0.15) is 0 Å². The van der Waals surface area contributed by atoms with Gasteiger partial charge in [0.2, 0.25) is 5.91 Å². The molecule has 1 saturated heterocycles. The molecule has 1 saturated carbocycles. The zero-order valence-corrected chi connectivity index (χ0v) is 18.7. The number of piperidine rings is 1. The largest absolute Gasteiger partial charge is 0.391 e. The van der Waals surface area contributed by atoms with Crippen molar-refractivity contribution in [1.29, 1.82) is 0 Å². The van der Waals surface area contributed by atoms with Gasteiger partial charge >= 0.3 is 6.18 Å². The van der Waals surface area contributed by atoms with Gasteiger partial charge in [0, 0.05) is 43.6 Å². The molecule has 2 atom stereocenters. The number of carbonyl (C=O) groups is 1. The van der Waals surface area contributed by atoms with Gasteiger partial charge in [-0.3, -0.25) is 4.79 Å². The van der Waals surface area contributed by atoms with E-state index in [-0.39, 0.29) is 30.6 Å². The number of alkyl halides is 3. The van der Waals surface area contributed by atoms with Crippen molar-refractivity contribution in [3.63, 3.8) is 0 Å². The summed E-state index contributed by atoms with van der Waals surface area (Å²) in [7, 11) is 0. The fourth-order valence-electron chi connectivity index (χ4n) is 5.31. The third-order valence-electron chi connectivity index (χ3n) is 7.51. The van der Waals surface area contributed by atoms with Crippen molar-refractivity contribution in [1.82, 2.24) is 19.5 Å². The molecule has 1 aliphatic carbocycles. The first kappa shape index (κ1) is 22.1. The molecule has 4 rings (SSSR count). The van der Waals surface area contributed by atoms with Gasteiger partial charge in [0.15, 0.2) is 5.65 Å². The summed E-state index contributed by atoms with van der Waals surface area (Å²) in [6, 6.07) is 1.95. The van der Waals surface area contributed by atoms with Crippen LogP contribution in [0.15, 0.2) is 6.07 Å². The summed E-state index contributed by atoms with van der Waals surface area (Å²) < 4.78 is 41.1. The van der Waals surface area contributed by atoms with Crippen LogP contribution in [0.2, 0.25) is 0 Å². The van der Waals surface area contributed by atoms with Crippen LogP contribution < -0.4 is 0 Å². The molecule has 1 amide bonds. The van der Waals surface area contributed by atoms with E-state index < -0.39 is 12.1 Å². The Morgan fingerprint density at radius 2 is 1.81 bits per heavy atom. The normalized spacial score (nSPS) is 27.6. The lowest BCUT2D eigenvalue weighted by Gasteiger charge is -2.37. The summed E-state index contributed by atoms with van der Waals surface area (Å²) in [4.78, 5) is 18.6. The van der Waals surface area contributed by atoms with Gasteiger partial charge in [0.25, 0.3) is 0 Å². The van der Waals surface area contributed by atoms with Gasteiger partial charge in [-0.25, -0.2) is 9.50 Å². The van der Waals surface area contributed by atoms with Crippen molar-refractivity contribution < 1.29 is 18.0 Å². The number of aryl methyl sites for hydroxylation is 1. The van der Waals surface area contributed by atoms with Gasteiger partial charge in [-0.1, -0.05) is 6.92 Å². The first-order valence-corrected chi connectivity index (χ1v) is 11.2. The van der Waals surface area contributed by atoms with Gasteiger partial charge in [-0.05, 0) is 57.4 Å². The first-order chi connectivity index (χ1) is 14.6. The molecule has 2 aromatic heterocycles. The summed E-state index contributed by atoms with van der Waals surface area (Å²) in [5.74, 6) is -0.533. The predicted octanol–water partition coefficient (Wildman–Crippen LogP) is 5.15. The molecule has 2 aromatic rings. The molecular formula is C23H31F3N4O. The number of hydrogen-bond acceptors (Lipinski definition) is 3. The third kappa shape index (κ3) is 4.17. The molecule has 2 fully saturated rings. The summed E-state index contributed by atoms with van der Waals surface area (Å²) in [5.41, 5.74) is 4.67. The Bertz CT molecular complexity index is 975. The van der Waals surface area contributed by atoms with Crippen LogP contribution in [0.1, 0.15) is 80.4 Å². The van der Waals surface area contributed by atoms with E-state index in [1.165, 1.54) is 0 Å². The Hall–Kier alpha value is -2.12. The first-order valence-electron chi connectivity index (χ1n) is 11.2. The highest BCUT2D eigenvalue weighted by Crippen LogP contribution is 2.43. The average molecular weight is 437 g/mol. The highest BCUT2D eigenvalue weighted by atomic mass is 19.4. The number of rotatable bonds is 2. The van der Waals surface area contributed by atoms with Gasteiger partial charge in [0.05, 0.1) is 17.3 Å². The Labute approximate surface area is 181 Å². The van der Waals surface area contributed by atoms with Gasteiger partial charge < -0.3 is 4.90 Å². The molecule has 0 N–H and O–H groups in total. The van der Waals surface area contributed by atoms with Crippen molar-refractivity contribution in [2.45, 2.75) is 77.8 Å². The molecule has 170 valence electrons. The number of hydrogen-bond donors (Lipinski definition) is 0. The van der Waals surface area contributed by atoms with E-state index in [9.17, 15) is 18.0 Å². The molecule has 0 aromatic carbocycles. The van der Waals surface area contributed by atoms with E-state index in [1.54, 1.807) is 6.92 Å². The van der Waals surface area contributed by atoms with Crippen molar-refractivity contribution in [2.75, 3.05) is 13.1 Å². The highest BCUT2D eigenvalue weighted by Gasteiger charge is 2.42. The van der Waals surface area contributed by atoms with Crippen LogP contribution in [0.5, 0.6) is 0 Å². The maximum Gasteiger partial charge on any atom is 0.391 e. The second-order valence-electron chi connectivity index (χ2n) is 9.47. The summed E-state index contributed by atoms with van der Waals surface area (Å²) >= 11 is 0. The van der Waals surface area contributed by atoms with Crippen LogP contribution >= 0.6 is 0 Å². The zero-order valence-electron chi connectivity index (χ0n) is 18.7. The van der Waals surface area contributed by atoms with Gasteiger partial charge in [-0.2, -0.15) is 18.3 Å². The molecule has 0 unspecified atom stereocenters. The molecule has 31 heavy (non-hydrogen) atoms. The van der Waals surface area contributed by atoms with Crippen LogP contribution in [-0.4, -0.2) is 44.7 Å². The SMILES string of the molecule is CC(=O)N1CC[C@H](C)[C@H](c2c(C)c(C)nc3cc(C4CCC(C(F)(F)F)CC4)nn23)C1. The fraction of sp³-hybridized carbons (Fsp3) is 0.696. The number of nitrogens with zero attached hydrogens (tertiary/aromatic N) is 4. The molecule has 2 aliphatic rings. The minimum atomic E-state index is -4.10. The topological polar surface area (TPSA) is 50.5 Å². The monoisotopic (exact) mass is 436 g/mol. The number of aromatic nitrogens is 3. The Kier molecular flexibility index (Phi) is 5.77. The standard InChI is InChI=1S/C23H31F3N4O/c1-13-9-10-29(16(4)31)12-19(13)22-14(2)15(3)27-21-11-20(28-30(21)22)17-5-7-18(8-6-17)23(24,25)26/h11,13,17-19H,5-10,12H2,1-4H3/t13-,17?,18?,19+/m0/s1. The molecular weight excluding hydrogens is 405 g/mol. The Morgan fingerprint density at radius 3 is 2.42 bits per heavy atom. The lowest BCUT2D eigenvalue weighted by atomic mass is 9.80. The van der Waals surface area contributed by atoms with Crippen molar-refractivity contribution in [3.8, 4) is 0 Å². The van der Waals surface area contributed by atoms with E-state index in [1.807, 2.05) is 29.3 Å². The molecule has 1 aliphatic heterocycles. The number of fused-ring (bicyclic) bond motifs is 1.